The molecule has 0 atom stereocenters. The number of nitrogens with one attached hydrogen (secondary N) is 2. The third kappa shape index (κ3) is 7.46. The fourth-order valence-corrected chi connectivity index (χ4v) is 2.90. The number of hydrogen-bond acceptors (Lipinski definition) is 7. The van der Waals surface area contributed by atoms with E-state index in [2.05, 4.69) is 10.6 Å². The third-order valence-corrected chi connectivity index (χ3v) is 4.57. The Labute approximate surface area is 200 Å². The van der Waals surface area contributed by atoms with Gasteiger partial charge in [0.2, 0.25) is 0 Å². The van der Waals surface area contributed by atoms with Crippen molar-refractivity contribution in [2.24, 2.45) is 0 Å². The number of rotatable bonds is 10. The van der Waals surface area contributed by atoms with Gasteiger partial charge in [-0.2, -0.15) is 0 Å². The van der Waals surface area contributed by atoms with Crippen LogP contribution in [-0.2, 0) is 14.3 Å². The third-order valence-electron chi connectivity index (χ3n) is 4.57. The molecule has 0 spiro atoms. The SMILES string of the molecule is COc1cccc(NC(=O)COC(=O)c2ccc(OCC(=O)Nc3ccc(F)cc3)c(OC)c2)c1. The van der Waals surface area contributed by atoms with E-state index in [0.717, 1.165) is 0 Å². The Balaban J connectivity index is 1.52. The van der Waals surface area contributed by atoms with Crippen molar-refractivity contribution in [2.75, 3.05) is 38.1 Å². The summed E-state index contributed by atoms with van der Waals surface area (Å²) in [6.45, 7) is -0.845. The van der Waals surface area contributed by atoms with Gasteiger partial charge in [-0.25, -0.2) is 9.18 Å². The van der Waals surface area contributed by atoms with Crippen LogP contribution in [0.4, 0.5) is 15.8 Å². The number of carbonyl (C=O) groups is 3. The maximum Gasteiger partial charge on any atom is 0.338 e. The molecule has 0 aliphatic rings. The van der Waals surface area contributed by atoms with E-state index in [9.17, 15) is 18.8 Å². The zero-order valence-corrected chi connectivity index (χ0v) is 19.0. The highest BCUT2D eigenvalue weighted by atomic mass is 19.1. The molecule has 0 aliphatic heterocycles. The number of halogens is 1. The van der Waals surface area contributed by atoms with Gasteiger partial charge in [-0.3, -0.25) is 9.59 Å². The van der Waals surface area contributed by atoms with E-state index in [1.165, 1.54) is 56.7 Å². The van der Waals surface area contributed by atoms with Crippen LogP contribution in [0.1, 0.15) is 10.4 Å². The fraction of sp³-hybridized carbons (Fsp3) is 0.160. The molecule has 2 amide bonds. The van der Waals surface area contributed by atoms with E-state index in [4.69, 9.17) is 18.9 Å². The van der Waals surface area contributed by atoms with Crippen LogP contribution in [0.3, 0.4) is 0 Å². The summed E-state index contributed by atoms with van der Waals surface area (Å²) in [5, 5.41) is 5.17. The molecule has 10 heteroatoms. The molecule has 0 fully saturated rings. The second-order valence-corrected chi connectivity index (χ2v) is 7.07. The summed E-state index contributed by atoms with van der Waals surface area (Å²) in [7, 11) is 2.88. The molecule has 0 saturated carbocycles. The first-order valence-electron chi connectivity index (χ1n) is 10.3. The predicted octanol–water partition coefficient (Wildman–Crippen LogP) is 3.66. The molecular formula is C25H23FN2O7. The lowest BCUT2D eigenvalue weighted by Crippen LogP contribution is -2.21. The molecule has 0 aromatic heterocycles. The van der Waals surface area contributed by atoms with Gasteiger partial charge < -0.3 is 29.6 Å². The van der Waals surface area contributed by atoms with Crippen molar-refractivity contribution in [2.45, 2.75) is 0 Å². The number of methoxy groups -OCH3 is 2. The lowest BCUT2D eigenvalue weighted by molar-refractivity contribution is -0.119. The lowest BCUT2D eigenvalue weighted by Gasteiger charge is -2.12. The van der Waals surface area contributed by atoms with Gasteiger partial charge in [0.25, 0.3) is 11.8 Å². The number of ether oxygens (including phenoxy) is 4. The molecule has 35 heavy (non-hydrogen) atoms. The molecule has 3 aromatic rings. The summed E-state index contributed by atoms with van der Waals surface area (Å²) in [6, 6.07) is 16.3. The summed E-state index contributed by atoms with van der Waals surface area (Å²) in [5.74, 6) is -1.18. The Bertz CT molecular complexity index is 1200. The Kier molecular flexibility index (Phi) is 8.60. The number of amides is 2. The molecule has 0 unspecified atom stereocenters. The molecule has 3 aromatic carbocycles. The van der Waals surface area contributed by atoms with Crippen molar-refractivity contribution < 1.29 is 37.7 Å². The first-order chi connectivity index (χ1) is 16.9. The minimum atomic E-state index is -0.746. The highest BCUT2D eigenvalue weighted by Gasteiger charge is 2.15. The number of anilines is 2. The summed E-state index contributed by atoms with van der Waals surface area (Å²) in [4.78, 5) is 36.5. The normalized spacial score (nSPS) is 10.1. The molecule has 0 radical (unpaired) electrons. The van der Waals surface area contributed by atoms with E-state index >= 15 is 0 Å². The topological polar surface area (TPSA) is 112 Å². The molecule has 0 heterocycles. The lowest BCUT2D eigenvalue weighted by atomic mass is 10.2. The molecule has 3 rings (SSSR count). The molecule has 182 valence electrons. The Hall–Kier alpha value is -4.60. The van der Waals surface area contributed by atoms with Crippen molar-refractivity contribution in [1.82, 2.24) is 0 Å². The fourth-order valence-electron chi connectivity index (χ4n) is 2.90. The van der Waals surface area contributed by atoms with Gasteiger partial charge in [0.1, 0.15) is 11.6 Å². The van der Waals surface area contributed by atoms with Gasteiger partial charge in [-0.15, -0.1) is 0 Å². The van der Waals surface area contributed by atoms with Crippen LogP contribution in [-0.4, -0.2) is 45.2 Å². The summed E-state index contributed by atoms with van der Waals surface area (Å²) in [6.07, 6.45) is 0. The molecular weight excluding hydrogens is 459 g/mol. The predicted molar refractivity (Wildman–Crippen MR) is 125 cm³/mol. The minimum absolute atomic E-state index is 0.124. The zero-order valence-electron chi connectivity index (χ0n) is 19.0. The second-order valence-electron chi connectivity index (χ2n) is 7.07. The number of carbonyl (C=O) groups excluding carboxylic acids is 3. The quantitative estimate of drug-likeness (QED) is 0.424. The Morgan fingerprint density at radius 2 is 1.49 bits per heavy atom. The van der Waals surface area contributed by atoms with Crippen molar-refractivity contribution in [3.05, 3.63) is 78.1 Å². The first kappa shape index (κ1) is 25.0. The Morgan fingerprint density at radius 3 is 2.20 bits per heavy atom. The van der Waals surface area contributed by atoms with Crippen molar-refractivity contribution in [3.8, 4) is 17.2 Å². The molecule has 0 saturated heterocycles. The summed E-state index contributed by atoms with van der Waals surface area (Å²) >= 11 is 0. The van der Waals surface area contributed by atoms with Crippen LogP contribution < -0.4 is 24.8 Å². The first-order valence-corrected chi connectivity index (χ1v) is 10.3. The van der Waals surface area contributed by atoms with E-state index in [-0.39, 0.29) is 23.7 Å². The molecule has 0 bridgehead atoms. The second kappa shape index (κ2) is 12.0. The molecule has 0 aliphatic carbocycles. The highest BCUT2D eigenvalue weighted by Crippen LogP contribution is 2.28. The van der Waals surface area contributed by atoms with Gasteiger partial charge >= 0.3 is 5.97 Å². The number of benzene rings is 3. The van der Waals surface area contributed by atoms with E-state index in [0.29, 0.717) is 17.1 Å². The zero-order chi connectivity index (χ0) is 25.2. The maximum atomic E-state index is 13.0. The average molecular weight is 482 g/mol. The van der Waals surface area contributed by atoms with Crippen molar-refractivity contribution in [1.29, 1.82) is 0 Å². The summed E-state index contributed by atoms with van der Waals surface area (Å²) < 4.78 is 33.8. The van der Waals surface area contributed by atoms with Crippen LogP contribution in [0.25, 0.3) is 0 Å². The van der Waals surface area contributed by atoms with Gasteiger partial charge in [-0.1, -0.05) is 6.07 Å². The van der Waals surface area contributed by atoms with Gasteiger partial charge in [-0.05, 0) is 54.6 Å². The molecule has 9 nitrogen and oxygen atoms in total. The van der Waals surface area contributed by atoms with Crippen LogP contribution in [0.5, 0.6) is 17.2 Å². The van der Waals surface area contributed by atoms with Crippen molar-refractivity contribution in [3.63, 3.8) is 0 Å². The van der Waals surface area contributed by atoms with E-state index in [1.54, 1.807) is 24.3 Å². The smallest absolute Gasteiger partial charge is 0.338 e. The average Bonchev–Trinajstić information content (AvgIpc) is 2.87. The van der Waals surface area contributed by atoms with Gasteiger partial charge in [0, 0.05) is 17.4 Å². The molecule has 2 N–H and O–H groups in total. The monoisotopic (exact) mass is 482 g/mol. The summed E-state index contributed by atoms with van der Waals surface area (Å²) in [5.41, 5.74) is 1.04. The number of hydrogen-bond donors (Lipinski definition) is 2. The Morgan fingerprint density at radius 1 is 0.771 bits per heavy atom. The largest absolute Gasteiger partial charge is 0.497 e. The van der Waals surface area contributed by atoms with E-state index < -0.39 is 30.2 Å². The van der Waals surface area contributed by atoms with Crippen LogP contribution in [0.15, 0.2) is 66.7 Å². The van der Waals surface area contributed by atoms with Gasteiger partial charge in [0.05, 0.1) is 19.8 Å². The minimum Gasteiger partial charge on any atom is -0.497 e. The van der Waals surface area contributed by atoms with E-state index in [1.807, 2.05) is 0 Å². The van der Waals surface area contributed by atoms with Gasteiger partial charge in [0.15, 0.2) is 24.7 Å². The van der Waals surface area contributed by atoms with Crippen LogP contribution in [0.2, 0.25) is 0 Å². The van der Waals surface area contributed by atoms with Crippen LogP contribution in [0, 0.1) is 5.82 Å². The van der Waals surface area contributed by atoms with Crippen LogP contribution >= 0.6 is 0 Å². The maximum absolute atomic E-state index is 13.0. The van der Waals surface area contributed by atoms with Crippen molar-refractivity contribution >= 4 is 29.2 Å². The number of esters is 1. The highest BCUT2D eigenvalue weighted by molar-refractivity contribution is 5.96. The standard InChI is InChI=1S/C25H23FN2O7/c1-32-20-5-3-4-19(13-20)28-24(30)15-35-25(31)16-6-11-21(22(12-16)33-2)34-14-23(29)27-18-9-7-17(26)8-10-18/h3-13H,14-15H2,1-2H3,(H,27,29)(H,28,30).